The van der Waals surface area contributed by atoms with Crippen molar-refractivity contribution in [2.24, 2.45) is 0 Å². The maximum Gasteiger partial charge on any atom is 0.0651 e. The number of para-hydroxylation sites is 4. The van der Waals surface area contributed by atoms with Crippen molar-refractivity contribution in [3.63, 3.8) is 0 Å². The van der Waals surface area contributed by atoms with Crippen LogP contribution in [-0.4, -0.2) is 29.1 Å². The van der Waals surface area contributed by atoms with Crippen LogP contribution in [0.3, 0.4) is 0 Å². The number of pyridine rings is 4. The molecule has 0 amide bonds. The second-order valence-electron chi connectivity index (χ2n) is 12.5. The van der Waals surface area contributed by atoms with E-state index in [1.165, 1.54) is 21.5 Å². The third-order valence-electron chi connectivity index (χ3n) is 9.60. The summed E-state index contributed by atoms with van der Waals surface area (Å²) in [5, 5.41) is 4.89. The van der Waals surface area contributed by atoms with Gasteiger partial charge in [-0.15, -0.1) is 0 Å². The number of rotatable bonds is 5. The highest BCUT2D eigenvalue weighted by Gasteiger charge is 2.15. The summed E-state index contributed by atoms with van der Waals surface area (Å²) >= 11 is 0. The Morgan fingerprint density at radius 1 is 0.280 bits per heavy atom. The molecule has 0 fully saturated rings. The average Bonchev–Trinajstić information content (AvgIpc) is 3.71. The van der Waals surface area contributed by atoms with Gasteiger partial charge in [-0.1, -0.05) is 72.8 Å². The molecular formula is C44H28N6. The van der Waals surface area contributed by atoms with E-state index in [9.17, 15) is 0 Å². The maximum atomic E-state index is 4.68. The summed E-state index contributed by atoms with van der Waals surface area (Å²) in [5.74, 6) is 0. The molecule has 234 valence electrons. The van der Waals surface area contributed by atoms with Gasteiger partial charge in [-0.25, -0.2) is 0 Å². The van der Waals surface area contributed by atoms with Gasteiger partial charge in [0.05, 0.1) is 45.8 Å². The molecule has 6 heteroatoms. The van der Waals surface area contributed by atoms with Gasteiger partial charge in [0, 0.05) is 92.1 Å². The number of nitrogens with zero attached hydrogens (tertiary/aromatic N) is 6. The van der Waals surface area contributed by atoms with Crippen LogP contribution in [-0.2, 0) is 0 Å². The van der Waals surface area contributed by atoms with E-state index in [-0.39, 0.29) is 0 Å². The summed E-state index contributed by atoms with van der Waals surface area (Å²) < 4.78 is 4.57. The van der Waals surface area contributed by atoms with Gasteiger partial charge in [-0.2, -0.15) is 0 Å². The van der Waals surface area contributed by atoms with Gasteiger partial charge in [0.25, 0.3) is 0 Å². The van der Waals surface area contributed by atoms with Crippen molar-refractivity contribution in [3.8, 4) is 44.8 Å². The van der Waals surface area contributed by atoms with E-state index in [4.69, 9.17) is 0 Å². The van der Waals surface area contributed by atoms with E-state index in [2.05, 4.69) is 150 Å². The van der Waals surface area contributed by atoms with Crippen LogP contribution >= 0.6 is 0 Å². The molecule has 0 saturated heterocycles. The Hall–Kier alpha value is -6.92. The highest BCUT2D eigenvalue weighted by Crippen LogP contribution is 2.35. The van der Waals surface area contributed by atoms with Gasteiger partial charge in [0.15, 0.2) is 0 Å². The predicted molar refractivity (Wildman–Crippen MR) is 203 cm³/mol. The normalized spacial score (nSPS) is 11.6. The molecule has 6 aromatic heterocycles. The zero-order valence-electron chi connectivity index (χ0n) is 26.8. The monoisotopic (exact) mass is 640 g/mol. The Morgan fingerprint density at radius 2 is 0.540 bits per heavy atom. The lowest BCUT2D eigenvalue weighted by molar-refractivity contribution is 1.14. The Bertz CT molecular complexity index is 2590. The molecule has 6 nitrogen and oxygen atoms in total. The van der Waals surface area contributed by atoms with Crippen LogP contribution in [0.25, 0.3) is 88.4 Å². The van der Waals surface area contributed by atoms with Crippen molar-refractivity contribution >= 4 is 43.6 Å². The molecule has 0 aliphatic rings. The lowest BCUT2D eigenvalue weighted by Gasteiger charge is -2.11. The quantitative estimate of drug-likeness (QED) is 0.188. The third-order valence-corrected chi connectivity index (χ3v) is 9.60. The average molecular weight is 641 g/mol. The minimum absolute atomic E-state index is 0.977. The molecule has 0 unspecified atom stereocenters. The van der Waals surface area contributed by atoms with Crippen LogP contribution in [0.5, 0.6) is 0 Å². The van der Waals surface area contributed by atoms with Crippen molar-refractivity contribution in [2.75, 3.05) is 0 Å². The predicted octanol–water partition coefficient (Wildman–Crippen LogP) is 10.5. The first-order valence-electron chi connectivity index (χ1n) is 16.6. The molecule has 0 N–H and O–H groups in total. The molecule has 10 rings (SSSR count). The van der Waals surface area contributed by atoms with E-state index in [0.29, 0.717) is 0 Å². The Morgan fingerprint density at radius 3 is 0.860 bits per heavy atom. The molecule has 4 aromatic carbocycles. The van der Waals surface area contributed by atoms with Gasteiger partial charge >= 0.3 is 0 Å². The second kappa shape index (κ2) is 11.4. The SMILES string of the molecule is c1ccc2c(c1)c1ccccc1n2-c1cncc(-c2cncc(-c3cncc(-c4cncc(-n5c6ccccc6c6ccccc65)c4)c3)c2)c1. The lowest BCUT2D eigenvalue weighted by atomic mass is 10.0. The zero-order valence-corrected chi connectivity index (χ0v) is 26.8. The van der Waals surface area contributed by atoms with E-state index >= 15 is 0 Å². The minimum Gasteiger partial charge on any atom is -0.308 e. The van der Waals surface area contributed by atoms with E-state index in [0.717, 1.165) is 66.8 Å². The largest absolute Gasteiger partial charge is 0.308 e. The summed E-state index contributed by atoms with van der Waals surface area (Å²) in [7, 11) is 0. The fourth-order valence-electron chi connectivity index (χ4n) is 7.33. The first kappa shape index (κ1) is 28.1. The zero-order chi connectivity index (χ0) is 33.0. The molecule has 0 spiro atoms. The Balaban J connectivity index is 1.03. The summed E-state index contributed by atoms with van der Waals surface area (Å²) in [6.45, 7) is 0. The van der Waals surface area contributed by atoms with Crippen molar-refractivity contribution in [1.29, 1.82) is 0 Å². The summed E-state index contributed by atoms with van der Waals surface area (Å²) in [4.78, 5) is 18.7. The number of aromatic nitrogens is 6. The molecule has 0 atom stereocenters. The van der Waals surface area contributed by atoms with E-state index in [1.54, 1.807) is 0 Å². The van der Waals surface area contributed by atoms with Crippen molar-refractivity contribution < 1.29 is 0 Å². The fourth-order valence-corrected chi connectivity index (χ4v) is 7.33. The van der Waals surface area contributed by atoms with Gasteiger partial charge in [-0.3, -0.25) is 19.9 Å². The first-order valence-corrected chi connectivity index (χ1v) is 16.6. The molecular weight excluding hydrogens is 613 g/mol. The molecule has 10 aromatic rings. The molecule has 0 bridgehead atoms. The van der Waals surface area contributed by atoms with Crippen LogP contribution in [0, 0.1) is 0 Å². The van der Waals surface area contributed by atoms with E-state index in [1.807, 2.05) is 49.6 Å². The summed E-state index contributed by atoms with van der Waals surface area (Å²) in [6, 6.07) is 42.8. The molecule has 6 heterocycles. The van der Waals surface area contributed by atoms with Crippen LogP contribution in [0.2, 0.25) is 0 Å². The smallest absolute Gasteiger partial charge is 0.0651 e. The Labute approximate surface area is 287 Å². The van der Waals surface area contributed by atoms with Gasteiger partial charge in [0.2, 0.25) is 0 Å². The van der Waals surface area contributed by atoms with E-state index < -0.39 is 0 Å². The highest BCUT2D eigenvalue weighted by molar-refractivity contribution is 6.10. The van der Waals surface area contributed by atoms with Crippen LogP contribution in [0.15, 0.2) is 171 Å². The number of hydrogen-bond acceptors (Lipinski definition) is 4. The van der Waals surface area contributed by atoms with Crippen molar-refractivity contribution in [3.05, 3.63) is 171 Å². The summed E-state index contributed by atoms with van der Waals surface area (Å²) in [6.07, 6.45) is 15.2. The van der Waals surface area contributed by atoms with Crippen molar-refractivity contribution in [1.82, 2.24) is 29.1 Å². The number of benzene rings is 4. The molecule has 0 aliphatic carbocycles. The molecule has 0 saturated carbocycles. The van der Waals surface area contributed by atoms with Crippen LogP contribution in [0.1, 0.15) is 0 Å². The molecule has 0 aliphatic heterocycles. The highest BCUT2D eigenvalue weighted by atomic mass is 15.0. The van der Waals surface area contributed by atoms with Gasteiger partial charge in [0.1, 0.15) is 0 Å². The molecule has 50 heavy (non-hydrogen) atoms. The number of hydrogen-bond donors (Lipinski definition) is 0. The Kier molecular flexibility index (Phi) is 6.39. The standard InChI is InChI=1S/C44H28N6/c1-5-13-41-37(9-1)38-10-2-6-14-42(38)49(41)35-19-33(25-47-27-35)31-17-29(21-45-23-31)30-18-32(24-46-22-30)34-20-36(28-48-26-34)50-43-15-7-3-11-39(43)40-12-4-8-16-44(40)50/h1-28H. The number of fused-ring (bicyclic) bond motifs is 6. The van der Waals surface area contributed by atoms with Crippen LogP contribution < -0.4 is 0 Å². The lowest BCUT2D eigenvalue weighted by Crippen LogP contribution is -1.96. The second-order valence-corrected chi connectivity index (χ2v) is 12.5. The molecule has 0 radical (unpaired) electrons. The van der Waals surface area contributed by atoms with Crippen molar-refractivity contribution in [2.45, 2.75) is 0 Å². The first-order chi connectivity index (χ1) is 24.8. The maximum absolute atomic E-state index is 4.68. The fraction of sp³-hybridized carbons (Fsp3) is 0. The van der Waals surface area contributed by atoms with Gasteiger partial charge in [-0.05, 0) is 48.5 Å². The minimum atomic E-state index is 0.977. The summed E-state index contributed by atoms with van der Waals surface area (Å²) in [5.41, 5.74) is 12.5. The van der Waals surface area contributed by atoms with Crippen LogP contribution in [0.4, 0.5) is 0 Å². The van der Waals surface area contributed by atoms with Gasteiger partial charge < -0.3 is 9.13 Å². The topological polar surface area (TPSA) is 61.4 Å². The third kappa shape index (κ3) is 4.50.